The monoisotopic (exact) mass is 332 g/mol. The summed E-state index contributed by atoms with van der Waals surface area (Å²) in [5.41, 5.74) is 13.3. The minimum atomic E-state index is -0.628. The Morgan fingerprint density at radius 3 is 2.62 bits per heavy atom. The quantitative estimate of drug-likeness (QED) is 0.782. The lowest BCUT2D eigenvalue weighted by atomic mass is 9.79. The molecule has 0 spiro atoms. The van der Waals surface area contributed by atoms with Crippen LogP contribution in [0, 0.1) is 12.3 Å². The smallest absolute Gasteiger partial charge is 0.312 e. The summed E-state index contributed by atoms with van der Waals surface area (Å²) in [6.07, 6.45) is 0.982. The lowest BCUT2D eigenvalue weighted by Gasteiger charge is -2.43. The third-order valence-electron chi connectivity index (χ3n) is 4.92. The molecule has 0 aromatic heterocycles. The van der Waals surface area contributed by atoms with Gasteiger partial charge in [-0.3, -0.25) is 4.79 Å². The Balaban J connectivity index is 2.13. The SMILES string of the molecule is Cc1ccccc1C(CC(=O)N1CCC(N)C(C)(C)C1)NC(N)=O. The van der Waals surface area contributed by atoms with Gasteiger partial charge in [-0.1, -0.05) is 38.1 Å². The molecule has 0 aliphatic carbocycles. The molecule has 1 fully saturated rings. The molecule has 132 valence electrons. The number of urea groups is 1. The molecule has 3 amide bonds. The van der Waals surface area contributed by atoms with Crippen LogP contribution in [0.4, 0.5) is 4.79 Å². The summed E-state index contributed by atoms with van der Waals surface area (Å²) in [4.78, 5) is 26.0. The lowest BCUT2D eigenvalue weighted by molar-refractivity contribution is -0.135. The van der Waals surface area contributed by atoms with Crippen molar-refractivity contribution in [3.05, 3.63) is 35.4 Å². The van der Waals surface area contributed by atoms with Crippen molar-refractivity contribution in [2.75, 3.05) is 13.1 Å². The van der Waals surface area contributed by atoms with E-state index in [1.54, 1.807) is 0 Å². The number of aryl methyl sites for hydroxylation is 1. The first-order valence-electron chi connectivity index (χ1n) is 8.35. The molecular formula is C18H28N4O2. The molecule has 0 radical (unpaired) electrons. The summed E-state index contributed by atoms with van der Waals surface area (Å²) in [6, 6.07) is 6.74. The first-order valence-corrected chi connectivity index (χ1v) is 8.35. The molecule has 1 aromatic carbocycles. The van der Waals surface area contributed by atoms with Crippen LogP contribution >= 0.6 is 0 Å². The van der Waals surface area contributed by atoms with Gasteiger partial charge >= 0.3 is 6.03 Å². The molecule has 5 N–H and O–H groups in total. The number of benzene rings is 1. The van der Waals surface area contributed by atoms with Crippen molar-refractivity contribution < 1.29 is 9.59 Å². The number of carbonyl (C=O) groups excluding carboxylic acids is 2. The van der Waals surface area contributed by atoms with E-state index in [1.807, 2.05) is 36.1 Å². The van der Waals surface area contributed by atoms with Crippen molar-refractivity contribution in [3.8, 4) is 0 Å². The van der Waals surface area contributed by atoms with Crippen LogP contribution in [0.5, 0.6) is 0 Å². The largest absolute Gasteiger partial charge is 0.352 e. The van der Waals surface area contributed by atoms with Crippen LogP contribution in [0.2, 0.25) is 0 Å². The number of nitrogens with one attached hydrogen (secondary N) is 1. The third kappa shape index (κ3) is 4.26. The molecule has 1 aliphatic rings. The molecule has 2 rings (SSSR count). The van der Waals surface area contributed by atoms with E-state index in [2.05, 4.69) is 19.2 Å². The molecule has 1 heterocycles. The van der Waals surface area contributed by atoms with Gasteiger partial charge in [0.05, 0.1) is 12.5 Å². The molecule has 24 heavy (non-hydrogen) atoms. The van der Waals surface area contributed by atoms with E-state index in [1.165, 1.54) is 0 Å². The topological polar surface area (TPSA) is 101 Å². The maximum absolute atomic E-state index is 12.8. The molecule has 1 saturated heterocycles. The first kappa shape index (κ1) is 18.3. The second-order valence-corrected chi connectivity index (χ2v) is 7.32. The lowest BCUT2D eigenvalue weighted by Crippen LogP contribution is -2.54. The third-order valence-corrected chi connectivity index (χ3v) is 4.92. The number of primary amides is 1. The van der Waals surface area contributed by atoms with Crippen LogP contribution < -0.4 is 16.8 Å². The predicted octanol–water partition coefficient (Wildman–Crippen LogP) is 1.68. The van der Waals surface area contributed by atoms with Crippen molar-refractivity contribution in [1.29, 1.82) is 0 Å². The highest BCUT2D eigenvalue weighted by Crippen LogP contribution is 2.29. The maximum Gasteiger partial charge on any atom is 0.312 e. The van der Waals surface area contributed by atoms with Gasteiger partial charge in [-0.2, -0.15) is 0 Å². The van der Waals surface area contributed by atoms with Crippen molar-refractivity contribution in [1.82, 2.24) is 10.2 Å². The Kier molecular flexibility index (Phi) is 5.49. The van der Waals surface area contributed by atoms with Crippen LogP contribution in [0.1, 0.15) is 43.9 Å². The Morgan fingerprint density at radius 2 is 2.04 bits per heavy atom. The standard InChI is InChI=1S/C18H28N4O2/c1-12-6-4-5-7-13(12)14(21-17(20)24)10-16(23)22-9-8-15(19)18(2,3)11-22/h4-7,14-15H,8-11,19H2,1-3H3,(H3,20,21,24). The average molecular weight is 332 g/mol. The minimum Gasteiger partial charge on any atom is -0.352 e. The van der Waals surface area contributed by atoms with E-state index in [9.17, 15) is 9.59 Å². The van der Waals surface area contributed by atoms with Crippen LogP contribution in [0.25, 0.3) is 0 Å². The molecule has 6 nitrogen and oxygen atoms in total. The van der Waals surface area contributed by atoms with Gasteiger partial charge in [-0.15, -0.1) is 0 Å². The van der Waals surface area contributed by atoms with Crippen LogP contribution in [-0.4, -0.2) is 36.0 Å². The number of nitrogens with two attached hydrogens (primary N) is 2. The highest BCUT2D eigenvalue weighted by molar-refractivity contribution is 5.79. The number of carbonyl (C=O) groups is 2. The zero-order valence-corrected chi connectivity index (χ0v) is 14.7. The van der Waals surface area contributed by atoms with Gasteiger partial charge < -0.3 is 21.7 Å². The van der Waals surface area contributed by atoms with Crippen LogP contribution in [-0.2, 0) is 4.79 Å². The van der Waals surface area contributed by atoms with Gasteiger partial charge in [0.1, 0.15) is 0 Å². The van der Waals surface area contributed by atoms with Gasteiger partial charge in [0.25, 0.3) is 0 Å². The summed E-state index contributed by atoms with van der Waals surface area (Å²) in [6.45, 7) is 7.40. The van der Waals surface area contributed by atoms with Crippen molar-refractivity contribution in [2.24, 2.45) is 16.9 Å². The number of rotatable bonds is 4. The Hall–Kier alpha value is -2.08. The molecule has 1 aromatic rings. The van der Waals surface area contributed by atoms with Gasteiger partial charge in [0.15, 0.2) is 0 Å². The number of amides is 3. The highest BCUT2D eigenvalue weighted by Gasteiger charge is 2.36. The fourth-order valence-electron chi connectivity index (χ4n) is 3.28. The molecule has 1 aliphatic heterocycles. The zero-order valence-electron chi connectivity index (χ0n) is 14.7. The second kappa shape index (κ2) is 7.21. The first-order chi connectivity index (χ1) is 11.2. The van der Waals surface area contributed by atoms with Crippen molar-refractivity contribution in [2.45, 2.75) is 45.7 Å². The molecule has 6 heteroatoms. The highest BCUT2D eigenvalue weighted by atomic mass is 16.2. The Morgan fingerprint density at radius 1 is 1.38 bits per heavy atom. The van der Waals surface area contributed by atoms with E-state index in [-0.39, 0.29) is 23.8 Å². The molecular weight excluding hydrogens is 304 g/mol. The van der Waals surface area contributed by atoms with Gasteiger partial charge in [0.2, 0.25) is 5.91 Å². The van der Waals surface area contributed by atoms with Crippen molar-refractivity contribution >= 4 is 11.9 Å². The van der Waals surface area contributed by atoms with E-state index in [4.69, 9.17) is 11.5 Å². The summed E-state index contributed by atoms with van der Waals surface area (Å²) in [7, 11) is 0. The number of hydrogen-bond acceptors (Lipinski definition) is 3. The number of piperidine rings is 1. The minimum absolute atomic E-state index is 0.0111. The Bertz CT molecular complexity index is 615. The van der Waals surface area contributed by atoms with Gasteiger partial charge in [-0.25, -0.2) is 4.79 Å². The summed E-state index contributed by atoms with van der Waals surface area (Å²) in [5.74, 6) is 0.0111. The van der Waals surface area contributed by atoms with E-state index >= 15 is 0 Å². The summed E-state index contributed by atoms with van der Waals surface area (Å²) < 4.78 is 0. The average Bonchev–Trinajstić information content (AvgIpc) is 2.49. The molecule has 2 atom stereocenters. The van der Waals surface area contributed by atoms with E-state index in [0.29, 0.717) is 13.1 Å². The fraction of sp³-hybridized carbons (Fsp3) is 0.556. The second-order valence-electron chi connectivity index (χ2n) is 7.32. The van der Waals surface area contributed by atoms with Gasteiger partial charge in [-0.05, 0) is 29.9 Å². The van der Waals surface area contributed by atoms with Crippen LogP contribution in [0.3, 0.4) is 0 Å². The predicted molar refractivity (Wildman–Crippen MR) is 94.2 cm³/mol. The van der Waals surface area contributed by atoms with E-state index < -0.39 is 12.1 Å². The number of hydrogen-bond donors (Lipinski definition) is 3. The normalized spacial score (nSPS) is 21.2. The molecule has 0 saturated carbocycles. The summed E-state index contributed by atoms with van der Waals surface area (Å²) >= 11 is 0. The molecule has 0 bridgehead atoms. The maximum atomic E-state index is 12.8. The number of nitrogens with zero attached hydrogens (tertiary/aromatic N) is 1. The van der Waals surface area contributed by atoms with Crippen molar-refractivity contribution in [3.63, 3.8) is 0 Å². The molecule has 2 unspecified atom stereocenters. The fourth-order valence-corrected chi connectivity index (χ4v) is 3.28. The van der Waals surface area contributed by atoms with Gasteiger partial charge in [0, 0.05) is 19.1 Å². The number of likely N-dealkylation sites (tertiary alicyclic amines) is 1. The zero-order chi connectivity index (χ0) is 17.9. The summed E-state index contributed by atoms with van der Waals surface area (Å²) in [5, 5.41) is 2.70. The van der Waals surface area contributed by atoms with E-state index in [0.717, 1.165) is 17.5 Å². The Labute approximate surface area is 143 Å². The van der Waals surface area contributed by atoms with Crippen LogP contribution in [0.15, 0.2) is 24.3 Å².